The maximum Gasteiger partial charge on any atom is 0.295 e. The molecule has 1 N–H and O–H groups in total. The van der Waals surface area contributed by atoms with Gasteiger partial charge in [0, 0.05) is 36.8 Å². The molecule has 0 spiro atoms. The largest absolute Gasteiger partial charge is 0.507 e. The lowest BCUT2D eigenvalue weighted by Crippen LogP contribution is -2.38. The van der Waals surface area contributed by atoms with Crippen LogP contribution in [0.2, 0.25) is 5.02 Å². The number of amides is 1. The highest BCUT2D eigenvalue weighted by Gasteiger charge is 2.45. The lowest BCUT2D eigenvalue weighted by Gasteiger charge is -2.29. The molecule has 0 bridgehead atoms. The Balaban J connectivity index is 1.67. The average Bonchev–Trinajstić information content (AvgIpc) is 3.10. The van der Waals surface area contributed by atoms with E-state index in [1.54, 1.807) is 29.2 Å². The number of rotatable bonds is 7. The van der Waals surface area contributed by atoms with Crippen LogP contribution < -0.4 is 0 Å². The third-order valence-electron chi connectivity index (χ3n) is 6.55. The normalized spacial score (nSPS) is 20.9. The number of carbonyl (C=O) groups is 2. The van der Waals surface area contributed by atoms with Crippen LogP contribution in [0.5, 0.6) is 0 Å². The first-order chi connectivity index (χ1) is 16.4. The molecule has 2 heterocycles. The van der Waals surface area contributed by atoms with Gasteiger partial charge in [0.05, 0.1) is 24.8 Å². The smallest absolute Gasteiger partial charge is 0.295 e. The summed E-state index contributed by atoms with van der Waals surface area (Å²) in [4.78, 5) is 30.2. The highest BCUT2D eigenvalue weighted by atomic mass is 35.5. The van der Waals surface area contributed by atoms with E-state index in [2.05, 4.69) is 18.7 Å². The van der Waals surface area contributed by atoms with Crippen LogP contribution in [0.25, 0.3) is 5.76 Å². The maximum atomic E-state index is 13.2. The fourth-order valence-electron chi connectivity index (χ4n) is 4.57. The molecule has 34 heavy (non-hydrogen) atoms. The van der Waals surface area contributed by atoms with Gasteiger partial charge in [0.2, 0.25) is 0 Å². The fraction of sp³-hybridized carbons (Fsp3) is 0.407. The Hall–Kier alpha value is -2.67. The Labute approximate surface area is 205 Å². The molecule has 180 valence electrons. The first kappa shape index (κ1) is 24.5. The SMILES string of the molecule is CC(C)c1ccc([C@@H]2/C(=C(\O)c3ccc(Cl)cc3)C(=O)C(=O)N2CCCN2CCOCC2)cc1. The Kier molecular flexibility index (Phi) is 7.71. The number of morpholine rings is 1. The van der Waals surface area contributed by atoms with E-state index in [4.69, 9.17) is 16.3 Å². The summed E-state index contributed by atoms with van der Waals surface area (Å²) in [7, 11) is 0. The van der Waals surface area contributed by atoms with Gasteiger partial charge in [-0.1, -0.05) is 49.7 Å². The zero-order valence-electron chi connectivity index (χ0n) is 19.7. The van der Waals surface area contributed by atoms with E-state index in [9.17, 15) is 14.7 Å². The van der Waals surface area contributed by atoms with Crippen LogP contribution in [0.3, 0.4) is 0 Å². The standard InChI is InChI=1S/C27H31ClN2O4/c1-18(2)19-4-6-20(7-5-19)24-23(25(31)21-8-10-22(28)11-9-21)26(32)27(33)30(24)13-3-12-29-14-16-34-17-15-29/h4-11,18,24,31H,3,12-17H2,1-2H3/b25-23+/t24-/m1/s1. The summed E-state index contributed by atoms with van der Waals surface area (Å²) >= 11 is 6.00. The third-order valence-corrected chi connectivity index (χ3v) is 6.81. The molecular weight excluding hydrogens is 452 g/mol. The number of nitrogens with zero attached hydrogens (tertiary/aromatic N) is 2. The van der Waals surface area contributed by atoms with Gasteiger partial charge >= 0.3 is 0 Å². The van der Waals surface area contributed by atoms with Gasteiger partial charge in [0.25, 0.3) is 11.7 Å². The summed E-state index contributed by atoms with van der Waals surface area (Å²) in [5, 5.41) is 11.7. The molecule has 0 saturated carbocycles. The van der Waals surface area contributed by atoms with Crippen molar-refractivity contribution < 1.29 is 19.4 Å². The predicted molar refractivity (Wildman–Crippen MR) is 133 cm³/mol. The number of aliphatic hydroxyl groups excluding tert-OH is 1. The molecule has 2 fully saturated rings. The molecule has 0 unspecified atom stereocenters. The lowest BCUT2D eigenvalue weighted by atomic mass is 9.93. The number of Topliss-reactive ketones (excluding diaryl/α,β-unsaturated/α-hetero) is 1. The van der Waals surface area contributed by atoms with Crippen molar-refractivity contribution in [3.8, 4) is 0 Å². The predicted octanol–water partition coefficient (Wildman–Crippen LogP) is 4.61. The highest BCUT2D eigenvalue weighted by molar-refractivity contribution is 6.46. The van der Waals surface area contributed by atoms with Gasteiger partial charge in [-0.2, -0.15) is 0 Å². The summed E-state index contributed by atoms with van der Waals surface area (Å²) in [5.41, 5.74) is 2.56. The van der Waals surface area contributed by atoms with Crippen molar-refractivity contribution in [2.75, 3.05) is 39.4 Å². The first-order valence-electron chi connectivity index (χ1n) is 11.8. The molecule has 6 nitrogen and oxygen atoms in total. The molecule has 1 atom stereocenters. The molecule has 2 aliphatic heterocycles. The van der Waals surface area contributed by atoms with Gasteiger partial charge in [-0.15, -0.1) is 0 Å². The second kappa shape index (κ2) is 10.7. The molecule has 7 heteroatoms. The number of ether oxygens (including phenoxy) is 1. The molecule has 2 aliphatic rings. The third kappa shape index (κ3) is 5.19. The topological polar surface area (TPSA) is 70.1 Å². The van der Waals surface area contributed by atoms with E-state index < -0.39 is 17.7 Å². The molecule has 2 saturated heterocycles. The minimum Gasteiger partial charge on any atom is -0.507 e. The van der Waals surface area contributed by atoms with E-state index in [0.717, 1.165) is 31.6 Å². The number of likely N-dealkylation sites (tertiary alicyclic amines) is 1. The van der Waals surface area contributed by atoms with Gasteiger partial charge in [-0.3, -0.25) is 14.5 Å². The van der Waals surface area contributed by atoms with E-state index in [1.165, 1.54) is 5.56 Å². The Morgan fingerprint density at radius 2 is 1.68 bits per heavy atom. The van der Waals surface area contributed by atoms with E-state index in [0.29, 0.717) is 36.3 Å². The van der Waals surface area contributed by atoms with Gasteiger partial charge in [-0.25, -0.2) is 0 Å². The second-order valence-electron chi connectivity index (χ2n) is 9.13. The number of ketones is 1. The number of benzene rings is 2. The Bertz CT molecular complexity index is 1060. The van der Waals surface area contributed by atoms with Crippen LogP contribution in [-0.2, 0) is 14.3 Å². The zero-order valence-corrected chi connectivity index (χ0v) is 20.4. The summed E-state index contributed by atoms with van der Waals surface area (Å²) in [6.45, 7) is 8.66. The molecular formula is C27H31ClN2O4. The Morgan fingerprint density at radius 1 is 1.03 bits per heavy atom. The summed E-state index contributed by atoms with van der Waals surface area (Å²) in [6, 6.07) is 13.9. The van der Waals surface area contributed by atoms with Crippen LogP contribution in [0.1, 0.15) is 48.9 Å². The van der Waals surface area contributed by atoms with E-state index in [-0.39, 0.29) is 11.3 Å². The molecule has 0 aliphatic carbocycles. The van der Waals surface area contributed by atoms with Crippen molar-refractivity contribution in [3.05, 3.63) is 75.8 Å². The molecule has 2 aromatic rings. The van der Waals surface area contributed by atoms with Crippen LogP contribution in [-0.4, -0.2) is 66.0 Å². The zero-order chi connectivity index (χ0) is 24.2. The van der Waals surface area contributed by atoms with Crippen molar-refractivity contribution in [2.45, 2.75) is 32.2 Å². The van der Waals surface area contributed by atoms with Gasteiger partial charge in [0.1, 0.15) is 5.76 Å². The monoisotopic (exact) mass is 482 g/mol. The summed E-state index contributed by atoms with van der Waals surface area (Å²) < 4.78 is 5.41. The van der Waals surface area contributed by atoms with E-state index in [1.807, 2.05) is 24.3 Å². The van der Waals surface area contributed by atoms with Crippen molar-refractivity contribution in [1.82, 2.24) is 9.80 Å². The highest BCUT2D eigenvalue weighted by Crippen LogP contribution is 2.40. The van der Waals surface area contributed by atoms with Crippen LogP contribution in [0.4, 0.5) is 0 Å². The second-order valence-corrected chi connectivity index (χ2v) is 9.56. The number of hydrogen-bond donors (Lipinski definition) is 1. The molecule has 0 radical (unpaired) electrons. The van der Waals surface area contributed by atoms with Crippen molar-refractivity contribution in [2.24, 2.45) is 0 Å². The van der Waals surface area contributed by atoms with E-state index >= 15 is 0 Å². The van der Waals surface area contributed by atoms with Crippen molar-refractivity contribution in [1.29, 1.82) is 0 Å². The number of halogens is 1. The summed E-state index contributed by atoms with van der Waals surface area (Å²) in [6.07, 6.45) is 0.731. The van der Waals surface area contributed by atoms with Crippen LogP contribution in [0, 0.1) is 0 Å². The van der Waals surface area contributed by atoms with Crippen molar-refractivity contribution in [3.63, 3.8) is 0 Å². The van der Waals surface area contributed by atoms with Crippen LogP contribution in [0.15, 0.2) is 54.1 Å². The maximum absolute atomic E-state index is 13.2. The molecule has 2 aromatic carbocycles. The average molecular weight is 483 g/mol. The number of carbonyl (C=O) groups excluding carboxylic acids is 2. The summed E-state index contributed by atoms with van der Waals surface area (Å²) in [5.74, 6) is -1.04. The quantitative estimate of drug-likeness (QED) is 0.354. The Morgan fingerprint density at radius 3 is 2.29 bits per heavy atom. The molecule has 0 aromatic heterocycles. The first-order valence-corrected chi connectivity index (χ1v) is 12.2. The lowest BCUT2D eigenvalue weighted by molar-refractivity contribution is -0.140. The number of hydrogen-bond acceptors (Lipinski definition) is 5. The van der Waals surface area contributed by atoms with Gasteiger partial charge in [0.15, 0.2) is 0 Å². The minimum absolute atomic E-state index is 0.121. The molecule has 4 rings (SSSR count). The van der Waals surface area contributed by atoms with Gasteiger partial charge < -0.3 is 14.7 Å². The van der Waals surface area contributed by atoms with Gasteiger partial charge in [-0.05, 0) is 47.7 Å². The fourth-order valence-corrected chi connectivity index (χ4v) is 4.70. The van der Waals surface area contributed by atoms with Crippen molar-refractivity contribution >= 4 is 29.1 Å². The molecule has 1 amide bonds. The van der Waals surface area contributed by atoms with Crippen LogP contribution >= 0.6 is 11.6 Å². The minimum atomic E-state index is -0.656. The number of aliphatic hydroxyl groups is 1.